The van der Waals surface area contributed by atoms with Crippen LogP contribution in [0.1, 0.15) is 18.1 Å². The first kappa shape index (κ1) is 20.6. The minimum absolute atomic E-state index is 0. The third-order valence-electron chi connectivity index (χ3n) is 3.20. The highest BCUT2D eigenvalue weighted by Crippen LogP contribution is 2.07. The van der Waals surface area contributed by atoms with Gasteiger partial charge in [-0.1, -0.05) is 35.9 Å². The van der Waals surface area contributed by atoms with Crippen LogP contribution in [-0.2, 0) is 13.0 Å². The van der Waals surface area contributed by atoms with Crippen LogP contribution in [0.25, 0.3) is 0 Å². The van der Waals surface area contributed by atoms with Gasteiger partial charge in [0.1, 0.15) is 11.0 Å². The Kier molecular flexibility index (Phi) is 9.63. The number of aromatic nitrogens is 1. The van der Waals surface area contributed by atoms with Crippen molar-refractivity contribution in [2.24, 2.45) is 4.99 Å². The predicted molar refractivity (Wildman–Crippen MR) is 108 cm³/mol. The van der Waals surface area contributed by atoms with E-state index in [1.165, 1.54) is 6.07 Å². The smallest absolute Gasteiger partial charge is 0.191 e. The number of nitrogens with zero attached hydrogens (tertiary/aromatic N) is 2. The quantitative estimate of drug-likeness (QED) is 0.297. The van der Waals surface area contributed by atoms with Crippen molar-refractivity contribution in [3.05, 3.63) is 64.7 Å². The van der Waals surface area contributed by atoms with Crippen molar-refractivity contribution >= 4 is 41.5 Å². The Morgan fingerprint density at radius 2 is 2.00 bits per heavy atom. The standard InChI is InChI=1S/C17H20ClFN4.HI/c1-2-20-17(23-12-13-7-8-16(18)22-11-13)21-10-9-14-5-3-4-6-15(14)19;/h3-8,11H,2,9-10,12H2,1H3,(H2,20,21,23);1H. The molecule has 0 amide bonds. The summed E-state index contributed by atoms with van der Waals surface area (Å²) >= 11 is 5.76. The second kappa shape index (κ2) is 11.2. The van der Waals surface area contributed by atoms with Gasteiger partial charge in [0.25, 0.3) is 0 Å². The molecular formula is C17H21ClFIN4. The molecule has 2 N–H and O–H groups in total. The number of halogens is 3. The first-order valence-electron chi connectivity index (χ1n) is 7.55. The van der Waals surface area contributed by atoms with Crippen molar-refractivity contribution in [1.29, 1.82) is 0 Å². The van der Waals surface area contributed by atoms with E-state index < -0.39 is 0 Å². The van der Waals surface area contributed by atoms with E-state index in [1.54, 1.807) is 24.4 Å². The van der Waals surface area contributed by atoms with Crippen LogP contribution >= 0.6 is 35.6 Å². The molecule has 1 aromatic carbocycles. The van der Waals surface area contributed by atoms with Gasteiger partial charge in [0, 0.05) is 19.3 Å². The Labute approximate surface area is 164 Å². The monoisotopic (exact) mass is 462 g/mol. The lowest BCUT2D eigenvalue weighted by atomic mass is 10.1. The van der Waals surface area contributed by atoms with Crippen molar-refractivity contribution in [1.82, 2.24) is 15.6 Å². The summed E-state index contributed by atoms with van der Waals surface area (Å²) in [4.78, 5) is 8.51. The lowest BCUT2D eigenvalue weighted by Gasteiger charge is -2.11. The minimum atomic E-state index is -0.177. The van der Waals surface area contributed by atoms with E-state index in [2.05, 4.69) is 20.6 Å². The maximum Gasteiger partial charge on any atom is 0.191 e. The molecule has 130 valence electrons. The van der Waals surface area contributed by atoms with Gasteiger partial charge in [-0.25, -0.2) is 14.4 Å². The predicted octanol–water partition coefficient (Wildman–Crippen LogP) is 3.79. The number of hydrogen-bond acceptors (Lipinski definition) is 2. The zero-order chi connectivity index (χ0) is 16.5. The molecule has 0 unspecified atom stereocenters. The Morgan fingerprint density at radius 1 is 1.21 bits per heavy atom. The molecular weight excluding hydrogens is 442 g/mol. The van der Waals surface area contributed by atoms with Crippen LogP contribution in [0.2, 0.25) is 5.15 Å². The molecule has 0 aliphatic heterocycles. The first-order valence-corrected chi connectivity index (χ1v) is 7.93. The SMILES string of the molecule is CCNC(=NCc1ccc(Cl)nc1)NCCc1ccccc1F.I. The van der Waals surface area contributed by atoms with Crippen molar-refractivity contribution < 1.29 is 4.39 Å². The lowest BCUT2D eigenvalue weighted by Crippen LogP contribution is -2.38. The normalized spacial score (nSPS) is 10.9. The fourth-order valence-corrected chi connectivity index (χ4v) is 2.14. The van der Waals surface area contributed by atoms with Crippen LogP contribution in [0.4, 0.5) is 4.39 Å². The van der Waals surface area contributed by atoms with Crippen molar-refractivity contribution in [2.45, 2.75) is 19.9 Å². The van der Waals surface area contributed by atoms with Crippen molar-refractivity contribution in [3.63, 3.8) is 0 Å². The van der Waals surface area contributed by atoms with E-state index in [-0.39, 0.29) is 29.8 Å². The second-order valence-electron chi connectivity index (χ2n) is 4.95. The highest BCUT2D eigenvalue weighted by atomic mass is 127. The molecule has 1 heterocycles. The number of benzene rings is 1. The van der Waals surface area contributed by atoms with Crippen LogP contribution in [0, 0.1) is 5.82 Å². The van der Waals surface area contributed by atoms with Gasteiger partial charge in [0.2, 0.25) is 0 Å². The van der Waals surface area contributed by atoms with Gasteiger partial charge in [0.15, 0.2) is 5.96 Å². The highest BCUT2D eigenvalue weighted by Gasteiger charge is 2.02. The van der Waals surface area contributed by atoms with E-state index in [9.17, 15) is 4.39 Å². The lowest BCUT2D eigenvalue weighted by molar-refractivity contribution is 0.606. The zero-order valence-corrected chi connectivity index (χ0v) is 16.5. The van der Waals surface area contributed by atoms with E-state index in [4.69, 9.17) is 11.6 Å². The molecule has 0 spiro atoms. The minimum Gasteiger partial charge on any atom is -0.357 e. The van der Waals surface area contributed by atoms with Crippen molar-refractivity contribution in [2.75, 3.05) is 13.1 Å². The molecule has 0 bridgehead atoms. The summed E-state index contributed by atoms with van der Waals surface area (Å²) in [5.41, 5.74) is 1.67. The van der Waals surface area contributed by atoms with Crippen LogP contribution in [0.5, 0.6) is 0 Å². The largest absolute Gasteiger partial charge is 0.357 e. The van der Waals surface area contributed by atoms with Crippen molar-refractivity contribution in [3.8, 4) is 0 Å². The number of rotatable bonds is 6. The van der Waals surface area contributed by atoms with E-state index in [0.29, 0.717) is 36.2 Å². The fraction of sp³-hybridized carbons (Fsp3) is 0.294. The molecule has 7 heteroatoms. The maximum absolute atomic E-state index is 13.6. The topological polar surface area (TPSA) is 49.3 Å². The molecule has 1 aromatic heterocycles. The molecule has 0 radical (unpaired) electrons. The molecule has 2 aromatic rings. The summed E-state index contributed by atoms with van der Waals surface area (Å²) in [6.45, 7) is 3.85. The van der Waals surface area contributed by atoms with E-state index in [1.807, 2.05) is 19.1 Å². The Hall–Kier alpha value is -1.41. The van der Waals surface area contributed by atoms with Gasteiger partial charge in [-0.15, -0.1) is 24.0 Å². The van der Waals surface area contributed by atoms with Gasteiger partial charge in [-0.05, 0) is 36.6 Å². The van der Waals surface area contributed by atoms with E-state index >= 15 is 0 Å². The van der Waals surface area contributed by atoms with E-state index in [0.717, 1.165) is 12.1 Å². The molecule has 0 aliphatic rings. The Morgan fingerprint density at radius 3 is 2.67 bits per heavy atom. The summed E-state index contributed by atoms with van der Waals surface area (Å²) in [6, 6.07) is 10.4. The maximum atomic E-state index is 13.6. The molecule has 4 nitrogen and oxygen atoms in total. The third kappa shape index (κ3) is 7.00. The van der Waals surface area contributed by atoms with Crippen LogP contribution < -0.4 is 10.6 Å². The summed E-state index contributed by atoms with van der Waals surface area (Å²) in [5, 5.41) is 6.83. The van der Waals surface area contributed by atoms with Gasteiger partial charge in [-0.2, -0.15) is 0 Å². The molecule has 0 atom stereocenters. The van der Waals surface area contributed by atoms with Crippen LogP contribution in [0.3, 0.4) is 0 Å². The molecule has 0 saturated heterocycles. The number of guanidine groups is 1. The zero-order valence-electron chi connectivity index (χ0n) is 13.4. The van der Waals surface area contributed by atoms with Gasteiger partial charge < -0.3 is 10.6 Å². The molecule has 2 rings (SSSR count). The van der Waals surface area contributed by atoms with Gasteiger partial charge in [0.05, 0.1) is 6.54 Å². The molecule has 0 saturated carbocycles. The first-order chi connectivity index (χ1) is 11.2. The Bertz CT molecular complexity index is 649. The molecule has 24 heavy (non-hydrogen) atoms. The number of pyridine rings is 1. The summed E-state index contributed by atoms with van der Waals surface area (Å²) < 4.78 is 13.6. The Balaban J connectivity index is 0.00000288. The second-order valence-corrected chi connectivity index (χ2v) is 5.34. The summed E-state index contributed by atoms with van der Waals surface area (Å²) in [6.07, 6.45) is 2.30. The van der Waals surface area contributed by atoms with Gasteiger partial charge in [-0.3, -0.25) is 0 Å². The summed E-state index contributed by atoms with van der Waals surface area (Å²) in [5.74, 6) is 0.516. The summed E-state index contributed by atoms with van der Waals surface area (Å²) in [7, 11) is 0. The fourth-order valence-electron chi connectivity index (χ4n) is 2.03. The average molecular weight is 463 g/mol. The average Bonchev–Trinajstić information content (AvgIpc) is 2.56. The number of aliphatic imine (C=N–C) groups is 1. The van der Waals surface area contributed by atoms with Crippen LogP contribution in [-0.4, -0.2) is 24.0 Å². The number of nitrogens with one attached hydrogen (secondary N) is 2. The molecule has 0 aliphatic carbocycles. The van der Waals surface area contributed by atoms with Crippen LogP contribution in [0.15, 0.2) is 47.6 Å². The number of hydrogen-bond donors (Lipinski definition) is 2. The highest BCUT2D eigenvalue weighted by molar-refractivity contribution is 14.0. The van der Waals surface area contributed by atoms with Gasteiger partial charge >= 0.3 is 0 Å². The third-order valence-corrected chi connectivity index (χ3v) is 3.42. The molecule has 0 fully saturated rings.